The molecule has 3 N–H and O–H groups in total. The van der Waals surface area contributed by atoms with Gasteiger partial charge in [0.1, 0.15) is 0 Å². The molecule has 1 amide bonds. The molecule has 5 heteroatoms. The minimum absolute atomic E-state index is 0.0166. The zero-order valence-corrected chi connectivity index (χ0v) is 11.7. The van der Waals surface area contributed by atoms with E-state index in [1.54, 1.807) is 0 Å². The molecule has 0 fully saturated rings. The summed E-state index contributed by atoms with van der Waals surface area (Å²) < 4.78 is 0. The molecule has 0 bridgehead atoms. The van der Waals surface area contributed by atoms with Gasteiger partial charge >= 0.3 is 0 Å². The third-order valence-electron chi connectivity index (χ3n) is 2.35. The molecule has 1 unspecified atom stereocenters. The van der Waals surface area contributed by atoms with Crippen LogP contribution in [0.4, 0.5) is 5.13 Å². The average molecular weight is 255 g/mol. The second-order valence-corrected chi connectivity index (χ2v) is 6.21. The van der Waals surface area contributed by atoms with Crippen LogP contribution in [0, 0.1) is 0 Å². The fourth-order valence-electron chi connectivity index (χ4n) is 1.22. The lowest BCUT2D eigenvalue weighted by Crippen LogP contribution is -2.19. The number of thiazole rings is 1. The van der Waals surface area contributed by atoms with Crippen LogP contribution in [0.25, 0.3) is 0 Å². The Balaban J connectivity index is 2.52. The standard InChI is InChI=1S/C12H21N3OS/c1-8(13)5-6-10(16)15-11-14-9(7-17-11)12(2,3)4/h7-8H,5-6,13H2,1-4H3,(H,14,15,16). The first-order valence-electron chi connectivity index (χ1n) is 5.80. The molecule has 0 aromatic carbocycles. The van der Waals surface area contributed by atoms with Crippen molar-refractivity contribution in [2.75, 3.05) is 5.32 Å². The number of aromatic nitrogens is 1. The molecule has 0 aliphatic rings. The van der Waals surface area contributed by atoms with Crippen LogP contribution in [0.3, 0.4) is 0 Å². The Bertz CT molecular complexity index is 379. The number of carbonyl (C=O) groups excluding carboxylic acids is 1. The predicted octanol–water partition coefficient (Wildman–Crippen LogP) is 2.51. The van der Waals surface area contributed by atoms with Crippen LogP contribution in [-0.4, -0.2) is 16.9 Å². The van der Waals surface area contributed by atoms with E-state index >= 15 is 0 Å². The third kappa shape index (κ3) is 4.83. The number of rotatable bonds is 4. The Hall–Kier alpha value is -0.940. The zero-order valence-electron chi connectivity index (χ0n) is 10.9. The molecule has 1 rings (SSSR count). The van der Waals surface area contributed by atoms with Gasteiger partial charge in [-0.05, 0) is 13.3 Å². The Morgan fingerprint density at radius 2 is 2.24 bits per heavy atom. The monoisotopic (exact) mass is 255 g/mol. The summed E-state index contributed by atoms with van der Waals surface area (Å²) >= 11 is 1.46. The fourth-order valence-corrected chi connectivity index (χ4v) is 2.17. The summed E-state index contributed by atoms with van der Waals surface area (Å²) in [6.45, 7) is 8.20. The molecular formula is C12H21N3OS. The number of anilines is 1. The first-order valence-corrected chi connectivity index (χ1v) is 6.68. The molecule has 1 aromatic heterocycles. The van der Waals surface area contributed by atoms with E-state index in [4.69, 9.17) is 5.73 Å². The van der Waals surface area contributed by atoms with Crippen LogP contribution in [0.2, 0.25) is 0 Å². The van der Waals surface area contributed by atoms with E-state index in [-0.39, 0.29) is 17.4 Å². The van der Waals surface area contributed by atoms with Gasteiger partial charge in [0.2, 0.25) is 5.91 Å². The van der Waals surface area contributed by atoms with Gasteiger partial charge in [-0.1, -0.05) is 20.8 Å². The summed E-state index contributed by atoms with van der Waals surface area (Å²) in [6, 6.07) is 0.0576. The number of nitrogens with zero attached hydrogens (tertiary/aromatic N) is 1. The Morgan fingerprint density at radius 1 is 1.59 bits per heavy atom. The highest BCUT2D eigenvalue weighted by atomic mass is 32.1. The van der Waals surface area contributed by atoms with Crippen LogP contribution >= 0.6 is 11.3 Å². The van der Waals surface area contributed by atoms with Crippen molar-refractivity contribution in [1.29, 1.82) is 0 Å². The Morgan fingerprint density at radius 3 is 2.71 bits per heavy atom. The van der Waals surface area contributed by atoms with Gasteiger partial charge in [0.15, 0.2) is 5.13 Å². The lowest BCUT2D eigenvalue weighted by Gasteiger charge is -2.14. The van der Waals surface area contributed by atoms with E-state index in [1.807, 2.05) is 12.3 Å². The molecule has 0 radical (unpaired) electrons. The Labute approximate surface area is 107 Å². The molecule has 4 nitrogen and oxygen atoms in total. The maximum absolute atomic E-state index is 11.6. The molecule has 0 saturated heterocycles. The van der Waals surface area contributed by atoms with Gasteiger partial charge in [-0.25, -0.2) is 4.98 Å². The number of hydrogen-bond donors (Lipinski definition) is 2. The van der Waals surface area contributed by atoms with Gasteiger partial charge in [0, 0.05) is 23.3 Å². The quantitative estimate of drug-likeness (QED) is 0.868. The van der Waals surface area contributed by atoms with Crippen LogP contribution in [0.1, 0.15) is 46.2 Å². The summed E-state index contributed by atoms with van der Waals surface area (Å²) in [7, 11) is 0. The van der Waals surface area contributed by atoms with Gasteiger partial charge in [0.05, 0.1) is 5.69 Å². The van der Waals surface area contributed by atoms with E-state index in [0.717, 1.165) is 5.69 Å². The van der Waals surface area contributed by atoms with Crippen molar-refractivity contribution >= 4 is 22.4 Å². The van der Waals surface area contributed by atoms with Gasteiger partial charge in [-0.2, -0.15) is 0 Å². The van der Waals surface area contributed by atoms with E-state index in [2.05, 4.69) is 31.1 Å². The summed E-state index contributed by atoms with van der Waals surface area (Å²) in [5.74, 6) is -0.0166. The average Bonchev–Trinajstić information content (AvgIpc) is 2.62. The highest BCUT2D eigenvalue weighted by Crippen LogP contribution is 2.26. The van der Waals surface area contributed by atoms with Crippen LogP contribution < -0.4 is 11.1 Å². The number of amides is 1. The number of hydrogen-bond acceptors (Lipinski definition) is 4. The van der Waals surface area contributed by atoms with Gasteiger partial charge in [-0.3, -0.25) is 4.79 Å². The number of nitrogens with one attached hydrogen (secondary N) is 1. The van der Waals surface area contributed by atoms with Crippen molar-refractivity contribution in [2.45, 2.75) is 52.0 Å². The zero-order chi connectivity index (χ0) is 13.1. The van der Waals surface area contributed by atoms with Crippen LogP contribution in [0.5, 0.6) is 0 Å². The SMILES string of the molecule is CC(N)CCC(=O)Nc1nc(C(C)(C)C)cs1. The first-order chi connectivity index (χ1) is 7.79. The highest BCUT2D eigenvalue weighted by Gasteiger charge is 2.18. The van der Waals surface area contributed by atoms with E-state index in [0.29, 0.717) is 18.0 Å². The fraction of sp³-hybridized carbons (Fsp3) is 0.667. The molecule has 0 aliphatic carbocycles. The molecule has 1 aromatic rings. The van der Waals surface area contributed by atoms with Crippen molar-refractivity contribution < 1.29 is 4.79 Å². The molecule has 96 valence electrons. The minimum atomic E-state index is -0.0166. The van der Waals surface area contributed by atoms with Crippen LogP contribution in [0.15, 0.2) is 5.38 Å². The smallest absolute Gasteiger partial charge is 0.226 e. The van der Waals surface area contributed by atoms with Gasteiger partial charge < -0.3 is 11.1 Å². The predicted molar refractivity (Wildman–Crippen MR) is 72.3 cm³/mol. The molecule has 0 aliphatic heterocycles. The molecule has 1 heterocycles. The van der Waals surface area contributed by atoms with Gasteiger partial charge in [0.25, 0.3) is 0 Å². The lowest BCUT2D eigenvalue weighted by molar-refractivity contribution is -0.116. The summed E-state index contributed by atoms with van der Waals surface area (Å²) in [5.41, 5.74) is 6.63. The third-order valence-corrected chi connectivity index (χ3v) is 3.10. The Kier molecular flexibility index (Phi) is 4.65. The van der Waals surface area contributed by atoms with E-state index in [1.165, 1.54) is 11.3 Å². The van der Waals surface area contributed by atoms with Crippen molar-refractivity contribution in [1.82, 2.24) is 4.98 Å². The lowest BCUT2D eigenvalue weighted by atomic mass is 9.93. The van der Waals surface area contributed by atoms with E-state index < -0.39 is 0 Å². The summed E-state index contributed by atoms with van der Waals surface area (Å²) in [5, 5.41) is 5.46. The van der Waals surface area contributed by atoms with Crippen LogP contribution in [-0.2, 0) is 10.2 Å². The minimum Gasteiger partial charge on any atom is -0.328 e. The van der Waals surface area contributed by atoms with Crippen molar-refractivity contribution in [3.63, 3.8) is 0 Å². The van der Waals surface area contributed by atoms with E-state index in [9.17, 15) is 4.79 Å². The van der Waals surface area contributed by atoms with Crippen molar-refractivity contribution in [3.05, 3.63) is 11.1 Å². The number of nitrogens with two attached hydrogens (primary N) is 1. The molecule has 0 spiro atoms. The largest absolute Gasteiger partial charge is 0.328 e. The molecular weight excluding hydrogens is 234 g/mol. The van der Waals surface area contributed by atoms with Crippen molar-refractivity contribution in [3.8, 4) is 0 Å². The maximum atomic E-state index is 11.6. The summed E-state index contributed by atoms with van der Waals surface area (Å²) in [4.78, 5) is 16.0. The highest BCUT2D eigenvalue weighted by molar-refractivity contribution is 7.13. The normalized spacial score (nSPS) is 13.5. The van der Waals surface area contributed by atoms with Gasteiger partial charge in [-0.15, -0.1) is 11.3 Å². The summed E-state index contributed by atoms with van der Waals surface area (Å²) in [6.07, 6.45) is 1.14. The van der Waals surface area contributed by atoms with Crippen molar-refractivity contribution in [2.24, 2.45) is 5.73 Å². The second-order valence-electron chi connectivity index (χ2n) is 5.35. The maximum Gasteiger partial charge on any atom is 0.226 e. The second kappa shape index (κ2) is 5.60. The topological polar surface area (TPSA) is 68.0 Å². The number of carbonyl (C=O) groups is 1. The molecule has 0 saturated carbocycles. The molecule has 17 heavy (non-hydrogen) atoms. The molecule has 1 atom stereocenters. The first kappa shape index (κ1) is 14.1.